The molecule has 0 amide bonds. The largest absolute Gasteiger partial charge is 0.450 e. The fourth-order valence-corrected chi connectivity index (χ4v) is 2.60. The van der Waals surface area contributed by atoms with Gasteiger partial charge in [-0.15, -0.1) is 0 Å². The summed E-state index contributed by atoms with van der Waals surface area (Å²) >= 11 is 0. The molecule has 0 atom stereocenters. The third-order valence-corrected chi connectivity index (χ3v) is 3.69. The Morgan fingerprint density at radius 1 is 1.04 bits per heavy atom. The molecule has 0 radical (unpaired) electrons. The summed E-state index contributed by atoms with van der Waals surface area (Å²) in [6.07, 6.45) is -6.24. The van der Waals surface area contributed by atoms with Crippen LogP contribution in [0.25, 0.3) is 27.8 Å². The molecular weight excluding hydrogens is 345 g/mol. The molecule has 0 aliphatic heterocycles. The highest BCUT2D eigenvalue weighted by atomic mass is 19.4. The van der Waals surface area contributed by atoms with Gasteiger partial charge in [0.25, 0.3) is 6.43 Å². The highest BCUT2D eigenvalue weighted by Gasteiger charge is 2.38. The fourth-order valence-electron chi connectivity index (χ4n) is 2.60. The van der Waals surface area contributed by atoms with E-state index in [1.807, 2.05) is 0 Å². The van der Waals surface area contributed by atoms with E-state index in [-0.39, 0.29) is 16.9 Å². The number of H-pyrrole nitrogens is 1. The van der Waals surface area contributed by atoms with Crippen molar-refractivity contribution in [3.05, 3.63) is 48.0 Å². The molecule has 4 rings (SSSR count). The van der Waals surface area contributed by atoms with E-state index in [9.17, 15) is 22.0 Å². The number of hydrogen-bond donors (Lipinski definition) is 1. The summed E-state index contributed by atoms with van der Waals surface area (Å²) in [6, 6.07) is 6.47. The van der Waals surface area contributed by atoms with Crippen LogP contribution in [0.5, 0.6) is 0 Å². The number of imidazole rings is 1. The number of halogens is 5. The zero-order chi connectivity index (χ0) is 17.8. The highest BCUT2D eigenvalue weighted by Crippen LogP contribution is 2.34. The first-order chi connectivity index (χ1) is 11.8. The number of hydrogen-bond acceptors (Lipinski definition) is 3. The maximum Gasteiger partial charge on any atom is 0.450 e. The van der Waals surface area contributed by atoms with Crippen molar-refractivity contribution < 1.29 is 22.0 Å². The molecule has 0 saturated carbocycles. The zero-order valence-electron chi connectivity index (χ0n) is 12.2. The Morgan fingerprint density at radius 3 is 2.56 bits per heavy atom. The fraction of sp³-hybridized carbons (Fsp3) is 0.133. The van der Waals surface area contributed by atoms with Crippen molar-refractivity contribution in [2.75, 3.05) is 0 Å². The second-order valence-corrected chi connectivity index (χ2v) is 5.29. The first-order valence-electron chi connectivity index (χ1n) is 7.03. The summed E-state index contributed by atoms with van der Waals surface area (Å²) in [5, 5.41) is 7.06. The molecule has 3 aromatic heterocycles. The molecule has 25 heavy (non-hydrogen) atoms. The van der Waals surface area contributed by atoms with Crippen LogP contribution in [0.3, 0.4) is 0 Å². The Morgan fingerprint density at radius 2 is 1.84 bits per heavy atom. The predicted molar refractivity (Wildman–Crippen MR) is 78.5 cm³/mol. The number of rotatable bonds is 2. The van der Waals surface area contributed by atoms with E-state index in [0.29, 0.717) is 10.9 Å². The molecule has 0 aliphatic carbocycles. The van der Waals surface area contributed by atoms with Gasteiger partial charge in [-0.25, -0.2) is 18.7 Å². The minimum Gasteiger partial charge on any atom is -0.278 e. The van der Waals surface area contributed by atoms with Gasteiger partial charge in [0.1, 0.15) is 11.2 Å². The van der Waals surface area contributed by atoms with Crippen molar-refractivity contribution in [1.29, 1.82) is 0 Å². The van der Waals surface area contributed by atoms with E-state index < -0.39 is 24.1 Å². The van der Waals surface area contributed by atoms with Gasteiger partial charge in [-0.2, -0.15) is 18.3 Å². The SMILES string of the molecule is FC(F)c1ccc2nc(C(F)(F)F)n(-c3ccc4[nH]ncc4c3)c2n1. The van der Waals surface area contributed by atoms with Crippen LogP contribution in [-0.2, 0) is 6.18 Å². The summed E-state index contributed by atoms with van der Waals surface area (Å²) in [4.78, 5) is 7.22. The molecule has 10 heteroatoms. The number of fused-ring (bicyclic) bond motifs is 2. The van der Waals surface area contributed by atoms with Crippen LogP contribution in [0.4, 0.5) is 22.0 Å². The average molecular weight is 353 g/mol. The second kappa shape index (κ2) is 5.23. The molecule has 5 nitrogen and oxygen atoms in total. The van der Waals surface area contributed by atoms with Gasteiger partial charge in [0.15, 0.2) is 5.65 Å². The number of pyridine rings is 1. The zero-order valence-corrected chi connectivity index (χ0v) is 12.2. The van der Waals surface area contributed by atoms with Crippen molar-refractivity contribution >= 4 is 22.1 Å². The molecular formula is C15H8F5N5. The molecule has 1 aromatic carbocycles. The second-order valence-electron chi connectivity index (χ2n) is 5.29. The molecule has 1 N–H and O–H groups in total. The maximum absolute atomic E-state index is 13.4. The van der Waals surface area contributed by atoms with Gasteiger partial charge >= 0.3 is 6.18 Å². The van der Waals surface area contributed by atoms with Gasteiger partial charge in [-0.3, -0.25) is 9.67 Å². The average Bonchev–Trinajstić information content (AvgIpc) is 3.17. The number of nitrogens with one attached hydrogen (secondary N) is 1. The lowest BCUT2D eigenvalue weighted by Gasteiger charge is -2.11. The summed E-state index contributed by atoms with van der Waals surface area (Å²) in [5.41, 5.74) is -0.297. The van der Waals surface area contributed by atoms with Crippen molar-refractivity contribution in [2.45, 2.75) is 12.6 Å². The van der Waals surface area contributed by atoms with Crippen LogP contribution < -0.4 is 0 Å². The van der Waals surface area contributed by atoms with Crippen molar-refractivity contribution in [1.82, 2.24) is 24.7 Å². The van der Waals surface area contributed by atoms with Crippen LogP contribution in [0.2, 0.25) is 0 Å². The highest BCUT2D eigenvalue weighted by molar-refractivity contribution is 5.82. The van der Waals surface area contributed by atoms with Crippen molar-refractivity contribution in [3.8, 4) is 5.69 Å². The molecule has 0 aliphatic rings. The van der Waals surface area contributed by atoms with Crippen molar-refractivity contribution in [2.24, 2.45) is 0 Å². The van der Waals surface area contributed by atoms with Crippen LogP contribution in [0, 0.1) is 0 Å². The predicted octanol–water partition coefficient (Wildman–Crippen LogP) is 4.25. The normalized spacial score (nSPS) is 12.6. The number of nitrogens with zero attached hydrogens (tertiary/aromatic N) is 4. The summed E-state index contributed by atoms with van der Waals surface area (Å²) in [5.74, 6) is -1.23. The van der Waals surface area contributed by atoms with E-state index in [1.165, 1.54) is 18.3 Å². The van der Waals surface area contributed by atoms with Gasteiger partial charge in [-0.1, -0.05) is 0 Å². The molecule has 4 aromatic rings. The lowest BCUT2D eigenvalue weighted by atomic mass is 10.2. The van der Waals surface area contributed by atoms with E-state index in [4.69, 9.17) is 0 Å². The molecule has 0 fully saturated rings. The Balaban J connectivity index is 2.05. The molecule has 0 saturated heterocycles. The van der Waals surface area contributed by atoms with Crippen LogP contribution in [-0.4, -0.2) is 24.7 Å². The van der Waals surface area contributed by atoms with E-state index in [2.05, 4.69) is 20.2 Å². The lowest BCUT2D eigenvalue weighted by molar-refractivity contribution is -0.145. The summed E-state index contributed by atoms with van der Waals surface area (Å²) < 4.78 is 66.8. The maximum atomic E-state index is 13.4. The Hall–Kier alpha value is -3.04. The smallest absolute Gasteiger partial charge is 0.278 e. The molecule has 128 valence electrons. The number of aromatic nitrogens is 5. The minimum atomic E-state index is -4.78. The Bertz CT molecular complexity index is 1080. The third-order valence-electron chi connectivity index (χ3n) is 3.69. The van der Waals surface area contributed by atoms with Gasteiger partial charge in [0.2, 0.25) is 5.82 Å². The van der Waals surface area contributed by atoms with E-state index >= 15 is 0 Å². The molecule has 3 heterocycles. The lowest BCUT2D eigenvalue weighted by Crippen LogP contribution is -2.14. The van der Waals surface area contributed by atoms with Crippen LogP contribution >= 0.6 is 0 Å². The van der Waals surface area contributed by atoms with Crippen molar-refractivity contribution in [3.63, 3.8) is 0 Å². The third kappa shape index (κ3) is 2.49. The Kier molecular flexibility index (Phi) is 3.24. The van der Waals surface area contributed by atoms with E-state index in [1.54, 1.807) is 6.07 Å². The van der Waals surface area contributed by atoms with Gasteiger partial charge in [0, 0.05) is 11.1 Å². The standard InChI is InChI=1S/C15H8F5N5/c16-12(17)10-3-4-11-13(22-10)25(14(23-11)15(18,19)20)8-1-2-9-7(5-8)6-21-24-9/h1-6,12H,(H,21,24). The van der Waals surface area contributed by atoms with Gasteiger partial charge < -0.3 is 0 Å². The minimum absolute atomic E-state index is 0.0997. The van der Waals surface area contributed by atoms with Crippen LogP contribution in [0.1, 0.15) is 17.9 Å². The van der Waals surface area contributed by atoms with Gasteiger partial charge in [0.05, 0.1) is 11.7 Å². The first kappa shape index (κ1) is 15.5. The number of alkyl halides is 5. The van der Waals surface area contributed by atoms with E-state index in [0.717, 1.165) is 16.7 Å². The topological polar surface area (TPSA) is 59.4 Å². The van der Waals surface area contributed by atoms with Gasteiger partial charge in [-0.05, 0) is 30.3 Å². The Labute approximate surface area is 136 Å². The molecule has 0 unspecified atom stereocenters. The number of benzene rings is 1. The summed E-state index contributed by atoms with van der Waals surface area (Å²) in [7, 11) is 0. The quantitative estimate of drug-likeness (QED) is 0.548. The summed E-state index contributed by atoms with van der Waals surface area (Å²) in [6.45, 7) is 0. The van der Waals surface area contributed by atoms with Crippen LogP contribution in [0.15, 0.2) is 36.5 Å². The number of aromatic amines is 1. The molecule has 0 bridgehead atoms. The first-order valence-corrected chi connectivity index (χ1v) is 7.03. The monoisotopic (exact) mass is 353 g/mol. The molecule has 0 spiro atoms.